The lowest BCUT2D eigenvalue weighted by Crippen LogP contribution is -2.01. The van der Waals surface area contributed by atoms with E-state index in [1.807, 2.05) is 67.7 Å². The monoisotopic (exact) mass is 535 g/mol. The van der Waals surface area contributed by atoms with E-state index in [-0.39, 0.29) is 10.6 Å². The molecule has 0 aliphatic carbocycles. The maximum Gasteiger partial charge on any atom is 0.269 e. The number of nitro groups is 1. The average Bonchev–Trinajstić information content (AvgIpc) is 3.29. The third-order valence-corrected chi connectivity index (χ3v) is 6.46. The molecule has 0 aliphatic rings. The summed E-state index contributed by atoms with van der Waals surface area (Å²) >= 11 is 3.52. The second kappa shape index (κ2) is 10.1. The molecule has 1 heterocycles. The molecular formula is C30H22BrN3O2. The first-order chi connectivity index (χ1) is 17.5. The Labute approximate surface area is 217 Å². The van der Waals surface area contributed by atoms with Crippen molar-refractivity contribution in [3.63, 3.8) is 0 Å². The Hall–Kier alpha value is -4.29. The molecule has 5 rings (SSSR count). The van der Waals surface area contributed by atoms with Crippen LogP contribution in [-0.2, 0) is 0 Å². The predicted molar refractivity (Wildman–Crippen MR) is 149 cm³/mol. The van der Waals surface area contributed by atoms with E-state index in [1.54, 1.807) is 12.1 Å². The van der Waals surface area contributed by atoms with E-state index in [0.717, 1.165) is 49.5 Å². The van der Waals surface area contributed by atoms with E-state index in [0.29, 0.717) is 0 Å². The van der Waals surface area contributed by atoms with Crippen LogP contribution in [0.5, 0.6) is 0 Å². The zero-order chi connectivity index (χ0) is 25.1. The fourth-order valence-corrected chi connectivity index (χ4v) is 4.71. The minimum Gasteiger partial charge on any atom is -0.309 e. The van der Waals surface area contributed by atoms with Gasteiger partial charge in [0, 0.05) is 34.1 Å². The van der Waals surface area contributed by atoms with Gasteiger partial charge < -0.3 is 4.57 Å². The molecule has 0 aliphatic heterocycles. The van der Waals surface area contributed by atoms with Crippen LogP contribution in [0, 0.1) is 17.0 Å². The first-order valence-electron chi connectivity index (χ1n) is 11.4. The zero-order valence-electron chi connectivity index (χ0n) is 19.5. The van der Waals surface area contributed by atoms with Gasteiger partial charge in [-0.05, 0) is 60.0 Å². The highest BCUT2D eigenvalue weighted by Gasteiger charge is 2.19. The molecule has 0 atom stereocenters. The number of non-ortho nitro benzene ring substituents is 1. The Morgan fingerprint density at radius 3 is 2.08 bits per heavy atom. The second-order valence-electron chi connectivity index (χ2n) is 8.36. The molecule has 36 heavy (non-hydrogen) atoms. The summed E-state index contributed by atoms with van der Waals surface area (Å²) in [4.78, 5) is 15.7. The summed E-state index contributed by atoms with van der Waals surface area (Å²) in [5, 5.41) is 11.3. The van der Waals surface area contributed by atoms with Crippen LogP contribution in [0.4, 0.5) is 11.4 Å². The van der Waals surface area contributed by atoms with E-state index >= 15 is 0 Å². The second-order valence-corrected chi connectivity index (χ2v) is 9.28. The third kappa shape index (κ3) is 4.76. The Bertz CT molecular complexity index is 1560. The summed E-state index contributed by atoms with van der Waals surface area (Å²) < 4.78 is 3.16. The summed E-state index contributed by atoms with van der Waals surface area (Å²) in [6.07, 6.45) is 1.90. The van der Waals surface area contributed by atoms with Gasteiger partial charge in [-0.2, -0.15) is 0 Å². The Balaban J connectivity index is 1.76. The number of rotatable bonds is 6. The first-order valence-corrected chi connectivity index (χ1v) is 12.2. The first kappa shape index (κ1) is 23.5. The Morgan fingerprint density at radius 1 is 0.833 bits per heavy atom. The van der Waals surface area contributed by atoms with Crippen molar-refractivity contribution in [3.05, 3.63) is 135 Å². The van der Waals surface area contributed by atoms with Gasteiger partial charge in [0.25, 0.3) is 5.69 Å². The van der Waals surface area contributed by atoms with Gasteiger partial charge in [0.05, 0.1) is 22.0 Å². The minimum atomic E-state index is -0.381. The van der Waals surface area contributed by atoms with Crippen molar-refractivity contribution in [2.24, 2.45) is 4.99 Å². The van der Waals surface area contributed by atoms with Gasteiger partial charge in [-0.25, -0.2) is 0 Å². The summed E-state index contributed by atoms with van der Waals surface area (Å²) in [6, 6.07) is 35.0. The molecule has 0 saturated carbocycles. The lowest BCUT2D eigenvalue weighted by Gasteiger charge is -2.15. The summed E-state index contributed by atoms with van der Waals surface area (Å²) in [5.74, 6) is 0. The van der Waals surface area contributed by atoms with Crippen molar-refractivity contribution in [1.29, 1.82) is 0 Å². The van der Waals surface area contributed by atoms with Gasteiger partial charge in [-0.3, -0.25) is 15.1 Å². The van der Waals surface area contributed by atoms with Gasteiger partial charge in [0.15, 0.2) is 0 Å². The van der Waals surface area contributed by atoms with E-state index in [2.05, 4.69) is 50.8 Å². The highest BCUT2D eigenvalue weighted by atomic mass is 79.9. The number of halogens is 1. The molecule has 0 radical (unpaired) electrons. The lowest BCUT2D eigenvalue weighted by molar-refractivity contribution is -0.384. The van der Waals surface area contributed by atoms with Gasteiger partial charge in [-0.1, -0.05) is 76.6 Å². The molecule has 4 aromatic carbocycles. The average molecular weight is 536 g/mol. The summed E-state index contributed by atoms with van der Waals surface area (Å²) in [7, 11) is 0. The van der Waals surface area contributed by atoms with E-state index in [4.69, 9.17) is 4.99 Å². The Kier molecular flexibility index (Phi) is 6.60. The van der Waals surface area contributed by atoms with Gasteiger partial charge in [0.2, 0.25) is 0 Å². The van der Waals surface area contributed by atoms with Gasteiger partial charge in [0.1, 0.15) is 0 Å². The molecule has 0 N–H and O–H groups in total. The molecule has 1 aromatic heterocycles. The van der Waals surface area contributed by atoms with Crippen molar-refractivity contribution < 1.29 is 4.92 Å². The van der Waals surface area contributed by atoms with Gasteiger partial charge in [-0.15, -0.1) is 0 Å². The fourth-order valence-electron chi connectivity index (χ4n) is 4.24. The molecule has 0 spiro atoms. The minimum absolute atomic E-state index is 0.0564. The lowest BCUT2D eigenvalue weighted by atomic mass is 10.1. The molecular weight excluding hydrogens is 514 g/mol. The molecule has 5 nitrogen and oxygen atoms in total. The number of benzene rings is 4. The molecule has 0 saturated heterocycles. The molecule has 0 fully saturated rings. The van der Waals surface area contributed by atoms with Crippen molar-refractivity contribution in [2.75, 3.05) is 0 Å². The molecule has 0 bridgehead atoms. The highest BCUT2D eigenvalue weighted by molar-refractivity contribution is 9.10. The fraction of sp³-hybridized carbons (Fsp3) is 0.0333. The highest BCUT2D eigenvalue weighted by Crippen LogP contribution is 2.36. The summed E-state index contributed by atoms with van der Waals surface area (Å²) in [6.45, 7) is 2.03. The quantitative estimate of drug-likeness (QED) is 0.124. The zero-order valence-corrected chi connectivity index (χ0v) is 21.1. The molecule has 6 heteroatoms. The van der Waals surface area contributed by atoms with Crippen molar-refractivity contribution >= 4 is 33.5 Å². The predicted octanol–water partition coefficient (Wildman–Crippen LogP) is 8.54. The van der Waals surface area contributed by atoms with Crippen LogP contribution in [0.15, 0.2) is 119 Å². The Morgan fingerprint density at radius 2 is 1.47 bits per heavy atom. The standard InChI is InChI=1S/C30H22BrN3O2/c1-21-18-25(31)12-17-28(21)32-20-24-19-29(22-8-4-2-5-9-22)33(30(24)23-10-6-3-7-11-23)26-13-15-27(16-14-26)34(35)36/h2-20H,1H3. The number of nitro benzene ring substituents is 1. The number of hydrogen-bond donors (Lipinski definition) is 0. The van der Waals surface area contributed by atoms with Crippen LogP contribution in [0.2, 0.25) is 0 Å². The van der Waals surface area contributed by atoms with Crippen LogP contribution >= 0.6 is 15.9 Å². The van der Waals surface area contributed by atoms with Crippen LogP contribution in [0.3, 0.4) is 0 Å². The maximum atomic E-state index is 11.3. The van der Waals surface area contributed by atoms with Crippen LogP contribution < -0.4 is 0 Å². The number of hydrogen-bond acceptors (Lipinski definition) is 3. The molecule has 5 aromatic rings. The molecule has 176 valence electrons. The number of aromatic nitrogens is 1. The largest absolute Gasteiger partial charge is 0.309 e. The van der Waals surface area contributed by atoms with E-state index in [9.17, 15) is 10.1 Å². The van der Waals surface area contributed by atoms with Crippen LogP contribution in [-0.4, -0.2) is 15.7 Å². The number of aryl methyl sites for hydroxylation is 1. The molecule has 0 amide bonds. The normalized spacial score (nSPS) is 11.2. The van der Waals surface area contributed by atoms with Crippen molar-refractivity contribution in [3.8, 4) is 28.2 Å². The number of aliphatic imine (C=N–C) groups is 1. The van der Waals surface area contributed by atoms with Gasteiger partial charge >= 0.3 is 0 Å². The molecule has 0 unspecified atom stereocenters. The van der Waals surface area contributed by atoms with Crippen molar-refractivity contribution in [1.82, 2.24) is 4.57 Å². The van der Waals surface area contributed by atoms with Crippen molar-refractivity contribution in [2.45, 2.75) is 6.92 Å². The maximum absolute atomic E-state index is 11.3. The summed E-state index contributed by atoms with van der Waals surface area (Å²) in [5.41, 5.74) is 7.78. The van der Waals surface area contributed by atoms with Crippen LogP contribution in [0.25, 0.3) is 28.2 Å². The van der Waals surface area contributed by atoms with E-state index in [1.165, 1.54) is 12.1 Å². The topological polar surface area (TPSA) is 60.4 Å². The van der Waals surface area contributed by atoms with Crippen LogP contribution in [0.1, 0.15) is 11.1 Å². The SMILES string of the molecule is Cc1cc(Br)ccc1N=Cc1cc(-c2ccccc2)n(-c2ccc([N+](=O)[O-])cc2)c1-c1ccccc1. The smallest absolute Gasteiger partial charge is 0.269 e. The third-order valence-electron chi connectivity index (χ3n) is 5.97. The number of nitrogens with zero attached hydrogens (tertiary/aromatic N) is 3. The van der Waals surface area contributed by atoms with E-state index < -0.39 is 0 Å².